The molecule has 0 radical (unpaired) electrons. The molecule has 0 atom stereocenters. The van der Waals surface area contributed by atoms with E-state index in [9.17, 15) is 0 Å². The minimum atomic E-state index is 1.21. The van der Waals surface area contributed by atoms with Gasteiger partial charge in [0.15, 0.2) is 0 Å². The lowest BCUT2D eigenvalue weighted by atomic mass is 9.98. The summed E-state index contributed by atoms with van der Waals surface area (Å²) in [5.74, 6) is 0. The fraction of sp³-hybridized carbons (Fsp3) is 0.400. The molecule has 0 aromatic heterocycles. The molecule has 1 aliphatic carbocycles. The van der Waals surface area contributed by atoms with E-state index in [2.05, 4.69) is 38.2 Å². The van der Waals surface area contributed by atoms with Crippen LogP contribution in [-0.4, -0.2) is 0 Å². The summed E-state index contributed by atoms with van der Waals surface area (Å²) in [5, 5.41) is 0. The third-order valence-corrected chi connectivity index (χ3v) is 1.82. The summed E-state index contributed by atoms with van der Waals surface area (Å²) in [7, 11) is 0. The van der Waals surface area contributed by atoms with Crippen LogP contribution in [0.1, 0.15) is 26.7 Å². The van der Waals surface area contributed by atoms with Gasteiger partial charge in [-0.15, -0.1) is 0 Å². The van der Waals surface area contributed by atoms with Crippen molar-refractivity contribution in [3.8, 4) is 0 Å². The summed E-state index contributed by atoms with van der Waals surface area (Å²) in [6.07, 6.45) is 11.2. The zero-order valence-corrected chi connectivity index (χ0v) is 6.72. The fourth-order valence-electron chi connectivity index (χ4n) is 1.22. The third kappa shape index (κ3) is 1.60. The first-order valence-corrected chi connectivity index (χ1v) is 3.83. The van der Waals surface area contributed by atoms with E-state index >= 15 is 0 Å². The molecular formula is C10H14. The third-order valence-electron chi connectivity index (χ3n) is 1.82. The van der Waals surface area contributed by atoms with Crippen LogP contribution in [0.4, 0.5) is 0 Å². The van der Waals surface area contributed by atoms with Gasteiger partial charge in [-0.3, -0.25) is 0 Å². The molecule has 0 saturated carbocycles. The van der Waals surface area contributed by atoms with Gasteiger partial charge in [0.25, 0.3) is 0 Å². The highest BCUT2D eigenvalue weighted by Crippen LogP contribution is 2.18. The molecule has 0 N–H and O–H groups in total. The van der Waals surface area contributed by atoms with E-state index in [0.29, 0.717) is 0 Å². The molecule has 0 unspecified atom stereocenters. The van der Waals surface area contributed by atoms with Gasteiger partial charge in [-0.1, -0.05) is 24.3 Å². The molecule has 0 amide bonds. The molecule has 0 saturated heterocycles. The Hall–Kier alpha value is -0.780. The lowest BCUT2D eigenvalue weighted by Crippen LogP contribution is -1.87. The van der Waals surface area contributed by atoms with Gasteiger partial charge in [-0.25, -0.2) is 0 Å². The second kappa shape index (κ2) is 3.40. The zero-order chi connectivity index (χ0) is 7.40. The number of allylic oxidation sites excluding steroid dienone is 6. The Morgan fingerprint density at radius 2 is 2.30 bits per heavy atom. The summed E-state index contributed by atoms with van der Waals surface area (Å²) < 4.78 is 0. The van der Waals surface area contributed by atoms with Crippen LogP contribution >= 0.6 is 0 Å². The zero-order valence-electron chi connectivity index (χ0n) is 6.72. The van der Waals surface area contributed by atoms with E-state index in [-0.39, 0.29) is 0 Å². The standard InChI is InChI=1S/C10H14/c1-3-6-10-8-5-4-7-9(10)2/h3-4,6-7H,5,8H2,1-2H3/b6-3-. The van der Waals surface area contributed by atoms with Crippen LogP contribution in [0.25, 0.3) is 0 Å². The molecule has 1 aliphatic rings. The summed E-state index contributed by atoms with van der Waals surface area (Å²) in [5.41, 5.74) is 2.91. The van der Waals surface area contributed by atoms with Gasteiger partial charge < -0.3 is 0 Å². The first-order chi connectivity index (χ1) is 4.84. The van der Waals surface area contributed by atoms with Crippen LogP contribution in [0.2, 0.25) is 0 Å². The maximum atomic E-state index is 2.24. The van der Waals surface area contributed by atoms with Gasteiger partial charge in [-0.2, -0.15) is 0 Å². The Morgan fingerprint density at radius 3 is 2.90 bits per heavy atom. The molecule has 54 valence electrons. The molecule has 0 nitrogen and oxygen atoms in total. The smallest absolute Gasteiger partial charge is 0.0242 e. The Bertz CT molecular complexity index is 192. The van der Waals surface area contributed by atoms with Crippen molar-refractivity contribution in [3.63, 3.8) is 0 Å². The van der Waals surface area contributed by atoms with Crippen LogP contribution in [-0.2, 0) is 0 Å². The number of hydrogen-bond acceptors (Lipinski definition) is 0. The van der Waals surface area contributed by atoms with Gasteiger partial charge in [0, 0.05) is 0 Å². The van der Waals surface area contributed by atoms with Crippen molar-refractivity contribution in [2.24, 2.45) is 0 Å². The van der Waals surface area contributed by atoms with E-state index in [1.807, 2.05) is 0 Å². The average Bonchev–Trinajstić information content (AvgIpc) is 1.94. The Kier molecular flexibility index (Phi) is 2.49. The highest BCUT2D eigenvalue weighted by Gasteiger charge is 1.99. The summed E-state index contributed by atoms with van der Waals surface area (Å²) in [4.78, 5) is 0. The first kappa shape index (κ1) is 7.33. The second-order valence-corrected chi connectivity index (χ2v) is 2.65. The maximum Gasteiger partial charge on any atom is -0.0242 e. The van der Waals surface area contributed by atoms with E-state index in [1.54, 1.807) is 0 Å². The predicted octanol–water partition coefficient (Wildman–Crippen LogP) is 3.23. The molecular weight excluding hydrogens is 120 g/mol. The highest BCUT2D eigenvalue weighted by molar-refractivity contribution is 5.34. The Morgan fingerprint density at radius 1 is 1.50 bits per heavy atom. The first-order valence-electron chi connectivity index (χ1n) is 3.83. The van der Waals surface area contributed by atoms with Crippen LogP contribution in [0, 0.1) is 0 Å². The van der Waals surface area contributed by atoms with Gasteiger partial charge in [0.2, 0.25) is 0 Å². The van der Waals surface area contributed by atoms with Crippen molar-refractivity contribution >= 4 is 0 Å². The van der Waals surface area contributed by atoms with Crippen LogP contribution in [0.15, 0.2) is 35.5 Å². The molecule has 0 aromatic carbocycles. The van der Waals surface area contributed by atoms with Crippen molar-refractivity contribution in [2.45, 2.75) is 26.7 Å². The summed E-state index contributed by atoms with van der Waals surface area (Å²) >= 11 is 0. The lowest BCUT2D eigenvalue weighted by molar-refractivity contribution is 0.968. The van der Waals surface area contributed by atoms with E-state index < -0.39 is 0 Å². The van der Waals surface area contributed by atoms with Crippen LogP contribution in [0.3, 0.4) is 0 Å². The molecule has 0 aromatic rings. The van der Waals surface area contributed by atoms with Crippen LogP contribution < -0.4 is 0 Å². The topological polar surface area (TPSA) is 0 Å². The maximum absolute atomic E-state index is 2.24. The molecule has 1 rings (SSSR count). The summed E-state index contributed by atoms with van der Waals surface area (Å²) in [6, 6.07) is 0. The largest absolute Gasteiger partial charge is 0.0874 e. The molecule has 0 heteroatoms. The monoisotopic (exact) mass is 134 g/mol. The van der Waals surface area contributed by atoms with E-state index in [4.69, 9.17) is 0 Å². The Balaban J connectivity index is 2.79. The van der Waals surface area contributed by atoms with Crippen molar-refractivity contribution in [3.05, 3.63) is 35.5 Å². The Labute approximate surface area is 62.9 Å². The molecule has 0 bridgehead atoms. The van der Waals surface area contributed by atoms with Crippen LogP contribution in [0.5, 0.6) is 0 Å². The van der Waals surface area contributed by atoms with Gasteiger partial charge >= 0.3 is 0 Å². The normalized spacial score (nSPS) is 19.0. The van der Waals surface area contributed by atoms with Crippen molar-refractivity contribution in [1.82, 2.24) is 0 Å². The molecule has 0 fully saturated rings. The van der Waals surface area contributed by atoms with E-state index in [1.165, 1.54) is 24.0 Å². The SMILES string of the molecule is C/C=C\C1=C(C)C=CCC1. The minimum absolute atomic E-state index is 1.21. The molecule has 0 spiro atoms. The van der Waals surface area contributed by atoms with Crippen molar-refractivity contribution < 1.29 is 0 Å². The van der Waals surface area contributed by atoms with Crippen molar-refractivity contribution in [2.75, 3.05) is 0 Å². The second-order valence-electron chi connectivity index (χ2n) is 2.65. The molecule has 0 heterocycles. The minimum Gasteiger partial charge on any atom is -0.0874 e. The van der Waals surface area contributed by atoms with Gasteiger partial charge in [0.1, 0.15) is 0 Å². The quantitative estimate of drug-likeness (QED) is 0.516. The number of rotatable bonds is 1. The molecule has 10 heavy (non-hydrogen) atoms. The predicted molar refractivity (Wildman–Crippen MR) is 45.9 cm³/mol. The average molecular weight is 134 g/mol. The van der Waals surface area contributed by atoms with Gasteiger partial charge in [0.05, 0.1) is 0 Å². The summed E-state index contributed by atoms with van der Waals surface area (Å²) in [6.45, 7) is 4.24. The highest BCUT2D eigenvalue weighted by atomic mass is 14.0. The molecule has 0 aliphatic heterocycles. The fourth-order valence-corrected chi connectivity index (χ4v) is 1.22. The lowest BCUT2D eigenvalue weighted by Gasteiger charge is -2.07. The van der Waals surface area contributed by atoms with Gasteiger partial charge in [-0.05, 0) is 37.8 Å². The van der Waals surface area contributed by atoms with E-state index in [0.717, 1.165) is 0 Å². The number of hydrogen-bond donors (Lipinski definition) is 0. The van der Waals surface area contributed by atoms with Crippen molar-refractivity contribution in [1.29, 1.82) is 0 Å².